The van der Waals surface area contributed by atoms with E-state index < -0.39 is 10.0 Å². The fourth-order valence-corrected chi connectivity index (χ4v) is 3.33. The van der Waals surface area contributed by atoms with Crippen LogP contribution in [0.1, 0.15) is 26.7 Å². The molecule has 1 atom stereocenters. The van der Waals surface area contributed by atoms with Gasteiger partial charge in [0.05, 0.1) is 12.4 Å². The van der Waals surface area contributed by atoms with Crippen LogP contribution in [0.4, 0.5) is 0 Å². The number of rotatable bonds is 4. The topological polar surface area (TPSA) is 57.6 Å². The quantitative estimate of drug-likeness (QED) is 0.779. The third-order valence-electron chi connectivity index (χ3n) is 3.11. The highest BCUT2D eigenvalue weighted by atomic mass is 32.2. The van der Waals surface area contributed by atoms with Crippen LogP contribution in [0.5, 0.6) is 0 Å². The van der Waals surface area contributed by atoms with Crippen LogP contribution in [-0.4, -0.2) is 43.3 Å². The van der Waals surface area contributed by atoms with E-state index >= 15 is 0 Å². The summed E-state index contributed by atoms with van der Waals surface area (Å²) in [5, 5.41) is 8.70. The first-order valence-corrected chi connectivity index (χ1v) is 7.17. The Balaban J connectivity index is 2.63. The zero-order valence-corrected chi connectivity index (χ0v) is 10.3. The average Bonchev–Trinajstić information content (AvgIpc) is 2.18. The Morgan fingerprint density at radius 1 is 1.47 bits per heavy atom. The molecule has 1 aliphatic heterocycles. The molecule has 15 heavy (non-hydrogen) atoms. The standard InChI is InChI=1S/C10H21NO3S/c1-9(2)10-4-3-5-11(8-10)15(13,14)7-6-12/h9-10,12H,3-8H2,1-2H3. The van der Waals surface area contributed by atoms with Gasteiger partial charge in [-0.25, -0.2) is 12.7 Å². The van der Waals surface area contributed by atoms with Gasteiger partial charge in [-0.3, -0.25) is 0 Å². The monoisotopic (exact) mass is 235 g/mol. The summed E-state index contributed by atoms with van der Waals surface area (Å²) in [4.78, 5) is 0. The number of sulfonamides is 1. The number of aliphatic hydroxyl groups is 1. The fraction of sp³-hybridized carbons (Fsp3) is 1.00. The Hall–Kier alpha value is -0.130. The van der Waals surface area contributed by atoms with Gasteiger partial charge < -0.3 is 5.11 Å². The van der Waals surface area contributed by atoms with E-state index in [1.54, 1.807) is 0 Å². The highest BCUT2D eigenvalue weighted by Crippen LogP contribution is 2.25. The second-order valence-corrected chi connectivity index (χ2v) is 6.63. The maximum atomic E-state index is 11.7. The molecular weight excluding hydrogens is 214 g/mol. The lowest BCUT2D eigenvalue weighted by atomic mass is 9.89. The number of nitrogens with zero attached hydrogens (tertiary/aromatic N) is 1. The number of hydrogen-bond acceptors (Lipinski definition) is 3. The molecule has 0 saturated carbocycles. The van der Waals surface area contributed by atoms with Gasteiger partial charge in [0.15, 0.2) is 0 Å². The van der Waals surface area contributed by atoms with Gasteiger partial charge in [-0.05, 0) is 24.7 Å². The summed E-state index contributed by atoms with van der Waals surface area (Å²) >= 11 is 0. The van der Waals surface area contributed by atoms with Crippen LogP contribution in [0.3, 0.4) is 0 Å². The van der Waals surface area contributed by atoms with Crippen molar-refractivity contribution in [1.29, 1.82) is 0 Å². The molecule has 0 amide bonds. The molecule has 1 heterocycles. The summed E-state index contributed by atoms with van der Waals surface area (Å²) in [7, 11) is -3.22. The van der Waals surface area contributed by atoms with Gasteiger partial charge in [0.1, 0.15) is 0 Å². The lowest BCUT2D eigenvalue weighted by Crippen LogP contribution is -2.42. The van der Waals surface area contributed by atoms with E-state index in [0.717, 1.165) is 12.8 Å². The molecule has 0 aromatic rings. The van der Waals surface area contributed by atoms with Gasteiger partial charge in [-0.1, -0.05) is 13.8 Å². The molecule has 5 heteroatoms. The summed E-state index contributed by atoms with van der Waals surface area (Å²) in [6.45, 7) is 5.22. The van der Waals surface area contributed by atoms with E-state index in [9.17, 15) is 8.42 Å². The zero-order valence-electron chi connectivity index (χ0n) is 9.52. The van der Waals surface area contributed by atoms with Crippen molar-refractivity contribution in [3.8, 4) is 0 Å². The Morgan fingerprint density at radius 3 is 2.67 bits per heavy atom. The SMILES string of the molecule is CC(C)C1CCCN(S(=O)(=O)CCO)C1. The number of aliphatic hydroxyl groups excluding tert-OH is 1. The number of hydrogen-bond donors (Lipinski definition) is 1. The molecule has 1 unspecified atom stereocenters. The van der Waals surface area contributed by atoms with Crippen LogP contribution in [0, 0.1) is 11.8 Å². The van der Waals surface area contributed by atoms with E-state index in [0.29, 0.717) is 24.9 Å². The predicted octanol–water partition coefficient (Wildman–Crippen LogP) is 0.676. The fourth-order valence-electron chi connectivity index (χ4n) is 2.02. The highest BCUT2D eigenvalue weighted by Gasteiger charge is 2.29. The lowest BCUT2D eigenvalue weighted by Gasteiger charge is -2.33. The molecule has 0 spiro atoms. The van der Waals surface area contributed by atoms with Gasteiger partial charge in [0.25, 0.3) is 0 Å². The van der Waals surface area contributed by atoms with Crippen molar-refractivity contribution in [3.05, 3.63) is 0 Å². The summed E-state index contributed by atoms with van der Waals surface area (Å²) < 4.78 is 25.0. The number of piperidine rings is 1. The third kappa shape index (κ3) is 3.43. The maximum absolute atomic E-state index is 11.7. The molecule has 0 aromatic heterocycles. The van der Waals surface area contributed by atoms with Crippen molar-refractivity contribution in [2.24, 2.45) is 11.8 Å². The van der Waals surface area contributed by atoms with Crippen LogP contribution >= 0.6 is 0 Å². The maximum Gasteiger partial charge on any atom is 0.216 e. The van der Waals surface area contributed by atoms with Gasteiger partial charge in [-0.15, -0.1) is 0 Å². The minimum absolute atomic E-state index is 0.141. The molecule has 0 aliphatic carbocycles. The highest BCUT2D eigenvalue weighted by molar-refractivity contribution is 7.89. The van der Waals surface area contributed by atoms with E-state index in [2.05, 4.69) is 13.8 Å². The van der Waals surface area contributed by atoms with E-state index in [1.165, 1.54) is 4.31 Å². The van der Waals surface area contributed by atoms with Crippen molar-refractivity contribution < 1.29 is 13.5 Å². The summed E-state index contributed by atoms with van der Waals surface area (Å²) in [6.07, 6.45) is 2.05. The Labute approximate surface area is 92.3 Å². The molecule has 1 N–H and O–H groups in total. The summed E-state index contributed by atoms with van der Waals surface area (Å²) in [5.41, 5.74) is 0. The Kier molecular flexibility index (Phi) is 4.55. The Bertz CT molecular complexity index is 287. The predicted molar refractivity (Wildman–Crippen MR) is 60.0 cm³/mol. The van der Waals surface area contributed by atoms with Crippen molar-refractivity contribution in [3.63, 3.8) is 0 Å². The van der Waals surface area contributed by atoms with E-state index in [4.69, 9.17) is 5.11 Å². The van der Waals surface area contributed by atoms with Crippen LogP contribution in [0.15, 0.2) is 0 Å². The molecule has 1 aliphatic rings. The lowest BCUT2D eigenvalue weighted by molar-refractivity contribution is 0.217. The first-order chi connectivity index (χ1) is 6.97. The zero-order chi connectivity index (χ0) is 11.5. The van der Waals surface area contributed by atoms with Crippen LogP contribution in [0.2, 0.25) is 0 Å². The molecule has 0 bridgehead atoms. The van der Waals surface area contributed by atoms with Gasteiger partial charge in [0.2, 0.25) is 10.0 Å². The van der Waals surface area contributed by atoms with Gasteiger partial charge in [0, 0.05) is 13.1 Å². The largest absolute Gasteiger partial charge is 0.395 e. The summed E-state index contributed by atoms with van der Waals surface area (Å²) in [6, 6.07) is 0. The van der Waals surface area contributed by atoms with Crippen LogP contribution in [-0.2, 0) is 10.0 Å². The van der Waals surface area contributed by atoms with Crippen molar-refractivity contribution in [2.75, 3.05) is 25.4 Å². The first-order valence-electron chi connectivity index (χ1n) is 5.56. The summed E-state index contributed by atoms with van der Waals surface area (Å²) in [5.74, 6) is 0.849. The first kappa shape index (κ1) is 12.9. The molecule has 1 rings (SSSR count). The van der Waals surface area contributed by atoms with Crippen LogP contribution < -0.4 is 0 Å². The second kappa shape index (κ2) is 5.27. The molecule has 0 aromatic carbocycles. The average molecular weight is 235 g/mol. The normalized spacial score (nSPS) is 24.7. The molecule has 1 fully saturated rings. The molecule has 4 nitrogen and oxygen atoms in total. The van der Waals surface area contributed by atoms with Crippen molar-refractivity contribution >= 4 is 10.0 Å². The molecule has 1 saturated heterocycles. The van der Waals surface area contributed by atoms with E-state index in [1.807, 2.05) is 0 Å². The minimum atomic E-state index is -3.22. The molecule has 90 valence electrons. The van der Waals surface area contributed by atoms with Crippen molar-refractivity contribution in [2.45, 2.75) is 26.7 Å². The van der Waals surface area contributed by atoms with Crippen molar-refractivity contribution in [1.82, 2.24) is 4.31 Å². The van der Waals surface area contributed by atoms with Gasteiger partial charge >= 0.3 is 0 Å². The second-order valence-electron chi connectivity index (χ2n) is 4.54. The minimum Gasteiger partial charge on any atom is -0.395 e. The molecular formula is C10H21NO3S. The van der Waals surface area contributed by atoms with E-state index in [-0.39, 0.29) is 12.4 Å². The van der Waals surface area contributed by atoms with Gasteiger partial charge in [-0.2, -0.15) is 0 Å². The third-order valence-corrected chi connectivity index (χ3v) is 4.92. The van der Waals surface area contributed by atoms with Crippen LogP contribution in [0.25, 0.3) is 0 Å². The smallest absolute Gasteiger partial charge is 0.216 e. The molecule has 0 radical (unpaired) electrons. The Morgan fingerprint density at radius 2 is 2.13 bits per heavy atom.